The van der Waals surface area contributed by atoms with Crippen LogP contribution < -0.4 is 0 Å². The molecule has 1 aliphatic rings. The van der Waals surface area contributed by atoms with Gasteiger partial charge in [-0.25, -0.2) is 0 Å². The lowest BCUT2D eigenvalue weighted by Crippen LogP contribution is -2.10. The largest absolute Gasteiger partial charge is 0.256 e. The Bertz CT molecular complexity index is 511. The van der Waals surface area contributed by atoms with Gasteiger partial charge in [0.1, 0.15) is 0 Å². The number of benzene rings is 1. The van der Waals surface area contributed by atoms with Crippen LogP contribution in [-0.2, 0) is 11.6 Å². The average Bonchev–Trinajstić information content (AvgIpc) is 2.41. The summed E-state index contributed by atoms with van der Waals surface area (Å²) in [5, 5.41) is 1.57. The van der Waals surface area contributed by atoms with Gasteiger partial charge in [0.15, 0.2) is 0 Å². The molecule has 2 heteroatoms. The molecule has 1 aliphatic carbocycles. The van der Waals surface area contributed by atoms with Crippen LogP contribution in [0.15, 0.2) is 30.5 Å². The smallest absolute Gasteiger partial charge is 0.0707 e. The second kappa shape index (κ2) is 2.55. The number of rotatable bonds is 0. The van der Waals surface area contributed by atoms with Crippen molar-refractivity contribution in [3.05, 3.63) is 41.6 Å². The van der Waals surface area contributed by atoms with E-state index in [9.17, 15) is 0 Å². The Morgan fingerprint density at radius 2 is 2.21 bits per heavy atom. The Morgan fingerprint density at radius 3 is 3.07 bits per heavy atom. The third-order valence-corrected chi connectivity index (χ3v) is 3.54. The maximum absolute atomic E-state index is 4.40. The summed E-state index contributed by atoms with van der Waals surface area (Å²) in [5.41, 5.74) is 3.98. The van der Waals surface area contributed by atoms with E-state index in [-0.39, 0.29) is 5.16 Å². The molecule has 2 atom stereocenters. The molecule has 0 saturated carbocycles. The molecule has 0 amide bonds. The summed E-state index contributed by atoms with van der Waals surface area (Å²) >= 11 is 0. The van der Waals surface area contributed by atoms with Crippen LogP contribution in [0.1, 0.15) is 18.1 Å². The lowest BCUT2D eigenvalue weighted by Gasteiger charge is -2.18. The first-order valence-electron chi connectivity index (χ1n) is 4.84. The van der Waals surface area contributed by atoms with E-state index in [0.29, 0.717) is 0 Å². The van der Waals surface area contributed by atoms with Gasteiger partial charge >= 0.3 is 0 Å². The van der Waals surface area contributed by atoms with Crippen LogP contribution in [0, 0.1) is 0 Å². The SMILES string of the molecule is CC1(P)Cc2cccc3nccc1c23. The van der Waals surface area contributed by atoms with Gasteiger partial charge in [-0.3, -0.25) is 4.98 Å². The van der Waals surface area contributed by atoms with Crippen molar-refractivity contribution in [2.24, 2.45) is 0 Å². The van der Waals surface area contributed by atoms with Crippen molar-refractivity contribution in [1.29, 1.82) is 0 Å². The molecule has 3 rings (SSSR count). The lowest BCUT2D eigenvalue weighted by molar-refractivity contribution is 0.721. The van der Waals surface area contributed by atoms with Crippen molar-refractivity contribution in [2.45, 2.75) is 18.5 Å². The summed E-state index contributed by atoms with van der Waals surface area (Å²) in [5.74, 6) is 0. The van der Waals surface area contributed by atoms with Gasteiger partial charge in [-0.1, -0.05) is 19.1 Å². The predicted molar refractivity (Wildman–Crippen MR) is 62.5 cm³/mol. The quantitative estimate of drug-likeness (QED) is 0.597. The van der Waals surface area contributed by atoms with E-state index in [1.807, 2.05) is 6.20 Å². The van der Waals surface area contributed by atoms with Crippen molar-refractivity contribution < 1.29 is 0 Å². The fourth-order valence-electron chi connectivity index (χ4n) is 2.39. The number of aromatic nitrogens is 1. The topological polar surface area (TPSA) is 12.9 Å². The molecule has 2 aromatic rings. The van der Waals surface area contributed by atoms with Crippen LogP contribution in [0.2, 0.25) is 0 Å². The highest BCUT2D eigenvalue weighted by Gasteiger charge is 2.31. The van der Waals surface area contributed by atoms with Crippen LogP contribution in [0.4, 0.5) is 0 Å². The molecule has 1 aromatic heterocycles. The number of pyridine rings is 1. The fourth-order valence-corrected chi connectivity index (χ4v) is 2.86. The molecule has 0 aliphatic heterocycles. The molecular formula is C12H12NP. The fraction of sp³-hybridized carbons (Fsp3) is 0.250. The van der Waals surface area contributed by atoms with Crippen LogP contribution in [-0.4, -0.2) is 4.98 Å². The molecule has 70 valence electrons. The van der Waals surface area contributed by atoms with Crippen molar-refractivity contribution in [3.63, 3.8) is 0 Å². The standard InChI is InChI=1S/C12H12NP/c1-12(14)7-8-3-2-4-10-11(8)9(12)5-6-13-10/h2-6H,7,14H2,1H3. The lowest BCUT2D eigenvalue weighted by atomic mass is 10.0. The minimum absolute atomic E-state index is 0.199. The zero-order valence-electron chi connectivity index (χ0n) is 8.12. The molecule has 1 aromatic carbocycles. The molecule has 0 N–H and O–H groups in total. The summed E-state index contributed by atoms with van der Waals surface area (Å²) < 4.78 is 0. The molecule has 1 nitrogen and oxygen atoms in total. The maximum Gasteiger partial charge on any atom is 0.0707 e. The Kier molecular flexibility index (Phi) is 1.52. The maximum atomic E-state index is 4.40. The summed E-state index contributed by atoms with van der Waals surface area (Å²) in [7, 11) is 2.97. The molecule has 1 heterocycles. The van der Waals surface area contributed by atoms with Gasteiger partial charge in [-0.05, 0) is 29.7 Å². The first-order chi connectivity index (χ1) is 6.68. The summed E-state index contributed by atoms with van der Waals surface area (Å²) in [6.07, 6.45) is 3.02. The van der Waals surface area contributed by atoms with E-state index in [1.165, 1.54) is 16.5 Å². The van der Waals surface area contributed by atoms with Crippen LogP contribution >= 0.6 is 9.24 Å². The van der Waals surface area contributed by atoms with E-state index in [4.69, 9.17) is 0 Å². The van der Waals surface area contributed by atoms with Gasteiger partial charge < -0.3 is 0 Å². The highest BCUT2D eigenvalue weighted by atomic mass is 31.0. The van der Waals surface area contributed by atoms with E-state index in [2.05, 4.69) is 45.4 Å². The Labute approximate surface area is 85.8 Å². The Balaban J connectivity index is 2.50. The number of hydrogen-bond donors (Lipinski definition) is 0. The minimum Gasteiger partial charge on any atom is -0.256 e. The number of nitrogens with zero attached hydrogens (tertiary/aromatic N) is 1. The van der Waals surface area contributed by atoms with Crippen LogP contribution in [0.5, 0.6) is 0 Å². The second-order valence-corrected chi connectivity index (χ2v) is 5.54. The molecule has 0 bridgehead atoms. The molecule has 2 unspecified atom stereocenters. The van der Waals surface area contributed by atoms with Crippen molar-refractivity contribution >= 4 is 20.1 Å². The van der Waals surface area contributed by atoms with Crippen molar-refractivity contribution in [3.8, 4) is 0 Å². The molecule has 0 fully saturated rings. The van der Waals surface area contributed by atoms with Crippen LogP contribution in [0.25, 0.3) is 10.9 Å². The van der Waals surface area contributed by atoms with E-state index in [0.717, 1.165) is 11.9 Å². The van der Waals surface area contributed by atoms with Crippen molar-refractivity contribution in [1.82, 2.24) is 4.98 Å². The normalized spacial score (nSPS) is 24.4. The van der Waals surface area contributed by atoms with Crippen LogP contribution in [0.3, 0.4) is 0 Å². The summed E-state index contributed by atoms with van der Waals surface area (Å²) in [4.78, 5) is 4.40. The zero-order chi connectivity index (χ0) is 9.76. The highest BCUT2D eigenvalue weighted by Crippen LogP contribution is 2.45. The third kappa shape index (κ3) is 0.965. The minimum atomic E-state index is 0.199. The number of hydrogen-bond acceptors (Lipinski definition) is 1. The summed E-state index contributed by atoms with van der Waals surface area (Å²) in [6, 6.07) is 8.55. The average molecular weight is 201 g/mol. The zero-order valence-corrected chi connectivity index (χ0v) is 9.27. The molecule has 0 radical (unpaired) electrons. The second-order valence-electron chi connectivity index (χ2n) is 4.26. The molecule has 0 spiro atoms. The van der Waals surface area contributed by atoms with E-state index in [1.54, 1.807) is 0 Å². The molecular weight excluding hydrogens is 189 g/mol. The van der Waals surface area contributed by atoms with Gasteiger partial charge in [0.25, 0.3) is 0 Å². The van der Waals surface area contributed by atoms with Gasteiger partial charge in [0.2, 0.25) is 0 Å². The van der Waals surface area contributed by atoms with Gasteiger partial charge in [-0.15, -0.1) is 9.24 Å². The first kappa shape index (κ1) is 8.38. The first-order valence-corrected chi connectivity index (χ1v) is 5.42. The predicted octanol–water partition coefficient (Wildman–Crippen LogP) is 2.88. The Hall–Kier alpha value is -0.940. The van der Waals surface area contributed by atoms with E-state index < -0.39 is 0 Å². The van der Waals surface area contributed by atoms with Gasteiger partial charge in [0, 0.05) is 16.7 Å². The molecule has 14 heavy (non-hydrogen) atoms. The third-order valence-electron chi connectivity index (χ3n) is 3.03. The van der Waals surface area contributed by atoms with Crippen molar-refractivity contribution in [2.75, 3.05) is 0 Å². The highest BCUT2D eigenvalue weighted by molar-refractivity contribution is 7.18. The summed E-state index contributed by atoms with van der Waals surface area (Å²) in [6.45, 7) is 2.27. The Morgan fingerprint density at radius 1 is 1.36 bits per heavy atom. The van der Waals surface area contributed by atoms with Gasteiger partial charge in [-0.2, -0.15) is 0 Å². The monoisotopic (exact) mass is 201 g/mol. The van der Waals surface area contributed by atoms with E-state index >= 15 is 0 Å². The van der Waals surface area contributed by atoms with Gasteiger partial charge in [0.05, 0.1) is 5.52 Å². The molecule has 0 saturated heterocycles.